The Labute approximate surface area is 54.5 Å². The van der Waals surface area contributed by atoms with Gasteiger partial charge in [-0.05, 0) is 13.8 Å². The van der Waals surface area contributed by atoms with Crippen LogP contribution in [0.4, 0.5) is 0 Å². The summed E-state index contributed by atoms with van der Waals surface area (Å²) in [5.74, 6) is -0.879. The smallest absolute Gasteiger partial charge is 0.335 e. The van der Waals surface area contributed by atoms with Crippen LogP contribution >= 0.6 is 0 Å². The van der Waals surface area contributed by atoms with Crippen LogP contribution in [-0.4, -0.2) is 11.1 Å². The summed E-state index contributed by atoms with van der Waals surface area (Å²) < 4.78 is 0. The molecule has 0 spiro atoms. The van der Waals surface area contributed by atoms with E-state index in [0.29, 0.717) is 5.57 Å². The van der Waals surface area contributed by atoms with E-state index >= 15 is 0 Å². The molecule has 0 fully saturated rings. The second-order valence-corrected chi connectivity index (χ2v) is 1.55. The van der Waals surface area contributed by atoms with Gasteiger partial charge >= 0.3 is 5.97 Å². The highest BCUT2D eigenvalue weighted by atomic mass is 16.4. The molecule has 0 bridgehead atoms. The van der Waals surface area contributed by atoms with Crippen LogP contribution in [0.25, 0.3) is 0 Å². The predicted octanol–water partition coefficient (Wildman–Crippen LogP) is 1.59. The third-order valence-corrected chi connectivity index (χ3v) is 0.904. The molecule has 0 unspecified atom stereocenters. The molecule has 0 aliphatic rings. The van der Waals surface area contributed by atoms with Crippen LogP contribution in [-0.2, 0) is 4.79 Å². The zero-order valence-corrected chi connectivity index (χ0v) is 5.59. The van der Waals surface area contributed by atoms with Crippen LogP contribution in [0.15, 0.2) is 23.8 Å². The van der Waals surface area contributed by atoms with Crippen LogP contribution in [0.3, 0.4) is 0 Å². The van der Waals surface area contributed by atoms with Crippen molar-refractivity contribution in [3.63, 3.8) is 0 Å². The molecule has 0 aromatic heterocycles. The molecule has 50 valence electrons. The molecule has 0 radical (unpaired) electrons. The molecule has 0 heterocycles. The average Bonchev–Trinajstić information content (AvgIpc) is 1.82. The third kappa shape index (κ3) is 2.69. The van der Waals surface area contributed by atoms with Crippen molar-refractivity contribution >= 4 is 5.97 Å². The third-order valence-electron chi connectivity index (χ3n) is 0.904. The predicted molar refractivity (Wildman–Crippen MR) is 36.2 cm³/mol. The Morgan fingerprint density at radius 1 is 1.44 bits per heavy atom. The Kier molecular flexibility index (Phi) is 3.44. The van der Waals surface area contributed by atoms with Crippen molar-refractivity contribution in [3.05, 3.63) is 23.8 Å². The molecular weight excluding hydrogens is 116 g/mol. The second-order valence-electron chi connectivity index (χ2n) is 1.55. The summed E-state index contributed by atoms with van der Waals surface area (Å²) in [5.41, 5.74) is 0.331. The molecule has 0 aromatic rings. The minimum Gasteiger partial charge on any atom is -0.478 e. The SMILES string of the molecule is CC=CC(=CC)C(=O)O. The zero-order chi connectivity index (χ0) is 7.28. The number of allylic oxidation sites excluding steroid dienone is 2. The molecule has 0 rings (SSSR count). The number of hydrogen-bond donors (Lipinski definition) is 1. The van der Waals surface area contributed by atoms with E-state index < -0.39 is 5.97 Å². The van der Waals surface area contributed by atoms with E-state index in [9.17, 15) is 4.79 Å². The summed E-state index contributed by atoms with van der Waals surface area (Å²) in [5, 5.41) is 8.38. The minimum atomic E-state index is -0.879. The largest absolute Gasteiger partial charge is 0.478 e. The van der Waals surface area contributed by atoms with Gasteiger partial charge in [-0.1, -0.05) is 18.2 Å². The van der Waals surface area contributed by atoms with Crippen molar-refractivity contribution in [2.45, 2.75) is 13.8 Å². The fourth-order valence-corrected chi connectivity index (χ4v) is 0.471. The van der Waals surface area contributed by atoms with Crippen molar-refractivity contribution in [1.82, 2.24) is 0 Å². The Hall–Kier alpha value is -1.05. The first-order valence-electron chi connectivity index (χ1n) is 2.74. The van der Waals surface area contributed by atoms with E-state index in [0.717, 1.165) is 0 Å². The molecule has 2 nitrogen and oxygen atoms in total. The average molecular weight is 126 g/mol. The zero-order valence-electron chi connectivity index (χ0n) is 5.59. The second kappa shape index (κ2) is 3.89. The van der Waals surface area contributed by atoms with Crippen molar-refractivity contribution < 1.29 is 9.90 Å². The normalized spacial score (nSPS) is 12.4. The van der Waals surface area contributed by atoms with Crippen molar-refractivity contribution in [3.8, 4) is 0 Å². The van der Waals surface area contributed by atoms with Gasteiger partial charge in [0, 0.05) is 0 Å². The van der Waals surface area contributed by atoms with Crippen LogP contribution < -0.4 is 0 Å². The minimum absolute atomic E-state index is 0.331. The van der Waals surface area contributed by atoms with Gasteiger partial charge < -0.3 is 5.11 Å². The summed E-state index contributed by atoms with van der Waals surface area (Å²) in [4.78, 5) is 10.2. The van der Waals surface area contributed by atoms with E-state index in [1.54, 1.807) is 32.1 Å². The van der Waals surface area contributed by atoms with Crippen LogP contribution in [0.1, 0.15) is 13.8 Å². The number of carbonyl (C=O) groups is 1. The standard InChI is InChI=1S/C7H10O2/c1-3-5-6(4-2)7(8)9/h3-5H,1-2H3,(H,8,9). The Morgan fingerprint density at radius 3 is 2.11 bits per heavy atom. The fourth-order valence-electron chi connectivity index (χ4n) is 0.471. The van der Waals surface area contributed by atoms with E-state index in [-0.39, 0.29) is 0 Å². The molecule has 9 heavy (non-hydrogen) atoms. The molecule has 1 N–H and O–H groups in total. The van der Waals surface area contributed by atoms with Gasteiger partial charge in [-0.2, -0.15) is 0 Å². The summed E-state index contributed by atoms with van der Waals surface area (Å²) >= 11 is 0. The molecule has 0 saturated heterocycles. The van der Waals surface area contributed by atoms with Gasteiger partial charge in [0.1, 0.15) is 0 Å². The van der Waals surface area contributed by atoms with Gasteiger partial charge in [-0.3, -0.25) is 0 Å². The first-order valence-corrected chi connectivity index (χ1v) is 2.74. The van der Waals surface area contributed by atoms with Crippen molar-refractivity contribution in [2.24, 2.45) is 0 Å². The van der Waals surface area contributed by atoms with Crippen molar-refractivity contribution in [2.75, 3.05) is 0 Å². The molecule has 0 amide bonds. The van der Waals surface area contributed by atoms with Gasteiger partial charge in [0.15, 0.2) is 0 Å². The number of carboxylic acids is 1. The van der Waals surface area contributed by atoms with E-state index in [4.69, 9.17) is 5.11 Å². The monoisotopic (exact) mass is 126 g/mol. The van der Waals surface area contributed by atoms with Crippen molar-refractivity contribution in [1.29, 1.82) is 0 Å². The highest BCUT2D eigenvalue weighted by Gasteiger charge is 1.97. The van der Waals surface area contributed by atoms with Crippen LogP contribution in [0.5, 0.6) is 0 Å². The molecule has 0 aliphatic carbocycles. The molecule has 2 heteroatoms. The topological polar surface area (TPSA) is 37.3 Å². The van der Waals surface area contributed by atoms with Crippen LogP contribution in [0, 0.1) is 0 Å². The first-order chi connectivity index (χ1) is 4.22. The summed E-state index contributed by atoms with van der Waals surface area (Å²) in [7, 11) is 0. The van der Waals surface area contributed by atoms with Crippen LogP contribution in [0.2, 0.25) is 0 Å². The first kappa shape index (κ1) is 7.95. The lowest BCUT2D eigenvalue weighted by atomic mass is 10.2. The Morgan fingerprint density at radius 2 is 2.00 bits per heavy atom. The Bertz CT molecular complexity index is 154. The number of hydrogen-bond acceptors (Lipinski definition) is 1. The summed E-state index contributed by atoms with van der Waals surface area (Å²) in [6.07, 6.45) is 4.81. The lowest BCUT2D eigenvalue weighted by Crippen LogP contribution is -1.95. The molecule has 0 aliphatic heterocycles. The van der Waals surface area contributed by atoms with E-state index in [1.165, 1.54) is 0 Å². The quantitative estimate of drug-likeness (QED) is 0.450. The van der Waals surface area contributed by atoms with Gasteiger partial charge in [-0.25, -0.2) is 4.79 Å². The number of aliphatic carboxylic acids is 1. The lowest BCUT2D eigenvalue weighted by Gasteiger charge is -1.88. The molecule has 0 atom stereocenters. The lowest BCUT2D eigenvalue weighted by molar-refractivity contribution is -0.132. The highest BCUT2D eigenvalue weighted by molar-refractivity contribution is 5.89. The fraction of sp³-hybridized carbons (Fsp3) is 0.286. The van der Waals surface area contributed by atoms with E-state index in [2.05, 4.69) is 0 Å². The molecule has 0 saturated carbocycles. The maximum absolute atomic E-state index is 10.2. The highest BCUT2D eigenvalue weighted by Crippen LogP contribution is 1.94. The van der Waals surface area contributed by atoms with E-state index in [1.807, 2.05) is 0 Å². The Balaban J connectivity index is 4.19. The van der Waals surface area contributed by atoms with Gasteiger partial charge in [0.25, 0.3) is 0 Å². The summed E-state index contributed by atoms with van der Waals surface area (Å²) in [6.45, 7) is 3.48. The molecule has 0 aromatic carbocycles. The maximum Gasteiger partial charge on any atom is 0.335 e. The van der Waals surface area contributed by atoms with Gasteiger partial charge in [0.2, 0.25) is 0 Å². The number of carboxylic acid groups (broad SMARTS) is 1. The molecular formula is C7H10O2. The summed E-state index contributed by atoms with van der Waals surface area (Å²) in [6, 6.07) is 0. The van der Waals surface area contributed by atoms with Gasteiger partial charge in [-0.15, -0.1) is 0 Å². The van der Waals surface area contributed by atoms with Gasteiger partial charge in [0.05, 0.1) is 5.57 Å². The maximum atomic E-state index is 10.2. The number of rotatable bonds is 2.